The number of alkyl halides is 3. The number of halogens is 4. The molecule has 0 aliphatic heterocycles. The molecule has 0 aliphatic carbocycles. The van der Waals surface area contributed by atoms with Crippen LogP contribution < -0.4 is 0 Å². The third kappa shape index (κ3) is 2.29. The maximum atomic E-state index is 12.3. The van der Waals surface area contributed by atoms with Gasteiger partial charge in [0.1, 0.15) is 5.15 Å². The number of aryl methyl sites for hydroxylation is 1. The zero-order chi connectivity index (χ0) is 10.0. The molecule has 0 N–H and O–H groups in total. The Labute approximate surface area is 84.7 Å². The van der Waals surface area contributed by atoms with Gasteiger partial charge in [0.05, 0.1) is 5.88 Å². The van der Waals surface area contributed by atoms with Crippen LogP contribution in [0.5, 0.6) is 0 Å². The SMILES string of the molecule is Cc1nc(Cl)c(CCl)cc1C(F)F. The fourth-order valence-electron chi connectivity index (χ4n) is 0.950. The van der Waals surface area contributed by atoms with Gasteiger partial charge in [-0.05, 0) is 13.0 Å². The van der Waals surface area contributed by atoms with Gasteiger partial charge in [0.15, 0.2) is 0 Å². The first kappa shape index (κ1) is 10.7. The Balaban J connectivity index is 3.22. The van der Waals surface area contributed by atoms with Gasteiger partial charge in [-0.2, -0.15) is 0 Å². The Morgan fingerprint density at radius 1 is 1.54 bits per heavy atom. The molecule has 13 heavy (non-hydrogen) atoms. The van der Waals surface area contributed by atoms with Gasteiger partial charge in [-0.15, -0.1) is 11.6 Å². The standard InChI is InChI=1S/C8H7Cl2F2N/c1-4-6(8(11)12)2-5(3-9)7(10)13-4/h2,8H,3H2,1H3. The highest BCUT2D eigenvalue weighted by atomic mass is 35.5. The zero-order valence-electron chi connectivity index (χ0n) is 6.82. The van der Waals surface area contributed by atoms with Crippen LogP contribution in [-0.2, 0) is 5.88 Å². The lowest BCUT2D eigenvalue weighted by Gasteiger charge is -2.07. The third-order valence-electron chi connectivity index (χ3n) is 1.66. The van der Waals surface area contributed by atoms with E-state index in [0.717, 1.165) is 0 Å². The van der Waals surface area contributed by atoms with Crippen molar-refractivity contribution in [2.45, 2.75) is 19.2 Å². The van der Waals surface area contributed by atoms with Crippen LogP contribution in [0.2, 0.25) is 5.15 Å². The number of hydrogen-bond donors (Lipinski definition) is 0. The highest BCUT2D eigenvalue weighted by Gasteiger charge is 2.14. The monoisotopic (exact) mass is 225 g/mol. The summed E-state index contributed by atoms with van der Waals surface area (Å²) in [5.74, 6) is 0.0891. The molecule has 72 valence electrons. The largest absolute Gasteiger partial charge is 0.265 e. The van der Waals surface area contributed by atoms with Crippen LogP contribution in [0.4, 0.5) is 8.78 Å². The van der Waals surface area contributed by atoms with Crippen molar-refractivity contribution >= 4 is 23.2 Å². The maximum Gasteiger partial charge on any atom is 0.265 e. The van der Waals surface area contributed by atoms with E-state index in [9.17, 15) is 8.78 Å². The van der Waals surface area contributed by atoms with Crippen molar-refractivity contribution in [3.05, 3.63) is 28.0 Å². The quantitative estimate of drug-likeness (QED) is 0.553. The summed E-state index contributed by atoms with van der Waals surface area (Å²) in [4.78, 5) is 3.77. The highest BCUT2D eigenvalue weighted by molar-refractivity contribution is 6.31. The molecule has 1 aromatic rings. The normalized spacial score (nSPS) is 10.9. The van der Waals surface area contributed by atoms with Crippen LogP contribution in [0.1, 0.15) is 23.2 Å². The van der Waals surface area contributed by atoms with Crippen molar-refractivity contribution in [2.75, 3.05) is 0 Å². The van der Waals surface area contributed by atoms with Crippen LogP contribution in [0.3, 0.4) is 0 Å². The maximum absolute atomic E-state index is 12.3. The van der Waals surface area contributed by atoms with Gasteiger partial charge in [0.2, 0.25) is 0 Å². The predicted octanol–water partition coefficient (Wildman–Crippen LogP) is 3.72. The van der Waals surface area contributed by atoms with Gasteiger partial charge >= 0.3 is 0 Å². The molecule has 1 nitrogen and oxygen atoms in total. The fraction of sp³-hybridized carbons (Fsp3) is 0.375. The minimum absolute atomic E-state index is 0.0891. The van der Waals surface area contributed by atoms with Gasteiger partial charge < -0.3 is 0 Å². The molecule has 0 amide bonds. The Bertz CT molecular complexity index is 315. The van der Waals surface area contributed by atoms with E-state index in [1.54, 1.807) is 0 Å². The molecule has 1 heterocycles. The van der Waals surface area contributed by atoms with Crippen molar-refractivity contribution in [3.63, 3.8) is 0 Å². The lowest BCUT2D eigenvalue weighted by atomic mass is 10.1. The molecule has 0 aliphatic rings. The first-order valence-corrected chi connectivity index (χ1v) is 4.47. The second-order valence-electron chi connectivity index (χ2n) is 2.55. The van der Waals surface area contributed by atoms with E-state index >= 15 is 0 Å². The number of hydrogen-bond acceptors (Lipinski definition) is 1. The third-order valence-corrected chi connectivity index (χ3v) is 2.27. The summed E-state index contributed by atoms with van der Waals surface area (Å²) in [6.45, 7) is 1.49. The molecule has 1 aromatic heterocycles. The van der Waals surface area contributed by atoms with E-state index in [4.69, 9.17) is 23.2 Å². The van der Waals surface area contributed by atoms with E-state index in [-0.39, 0.29) is 22.3 Å². The minimum atomic E-state index is -2.54. The topological polar surface area (TPSA) is 12.9 Å². The van der Waals surface area contributed by atoms with Crippen molar-refractivity contribution in [3.8, 4) is 0 Å². The van der Waals surface area contributed by atoms with Crippen LogP contribution in [0.15, 0.2) is 6.07 Å². The number of pyridine rings is 1. The first-order valence-electron chi connectivity index (χ1n) is 3.56. The van der Waals surface area contributed by atoms with E-state index in [0.29, 0.717) is 5.56 Å². The molecule has 0 spiro atoms. The van der Waals surface area contributed by atoms with Crippen LogP contribution in [-0.4, -0.2) is 4.98 Å². The van der Waals surface area contributed by atoms with Crippen molar-refractivity contribution in [1.82, 2.24) is 4.98 Å². The summed E-state index contributed by atoms with van der Waals surface area (Å²) in [5, 5.41) is 0.192. The summed E-state index contributed by atoms with van der Waals surface area (Å²) in [6, 6.07) is 1.29. The molecule has 0 saturated heterocycles. The Morgan fingerprint density at radius 2 is 2.15 bits per heavy atom. The van der Waals surface area contributed by atoms with Gasteiger partial charge in [-0.3, -0.25) is 0 Å². The predicted molar refractivity (Wildman–Crippen MR) is 48.5 cm³/mol. The smallest absolute Gasteiger partial charge is 0.241 e. The summed E-state index contributed by atoms with van der Waals surface area (Å²) >= 11 is 11.2. The van der Waals surface area contributed by atoms with Crippen LogP contribution in [0.25, 0.3) is 0 Å². The molecule has 5 heteroatoms. The molecule has 0 radical (unpaired) electrons. The molecular formula is C8H7Cl2F2N. The van der Waals surface area contributed by atoms with Gasteiger partial charge in [0.25, 0.3) is 6.43 Å². The second kappa shape index (κ2) is 4.20. The first-order chi connectivity index (χ1) is 6.06. The lowest BCUT2D eigenvalue weighted by molar-refractivity contribution is 0.150. The molecule has 0 saturated carbocycles. The lowest BCUT2D eigenvalue weighted by Crippen LogP contribution is -1.97. The second-order valence-corrected chi connectivity index (χ2v) is 3.17. The van der Waals surface area contributed by atoms with Crippen molar-refractivity contribution in [2.24, 2.45) is 0 Å². The molecule has 0 atom stereocenters. The average Bonchev–Trinajstić information content (AvgIpc) is 2.03. The van der Waals surface area contributed by atoms with E-state index in [1.165, 1.54) is 13.0 Å². The Hall–Kier alpha value is -0.410. The van der Waals surface area contributed by atoms with E-state index in [2.05, 4.69) is 4.98 Å². The van der Waals surface area contributed by atoms with Crippen molar-refractivity contribution in [1.29, 1.82) is 0 Å². The van der Waals surface area contributed by atoms with Gasteiger partial charge in [-0.25, -0.2) is 13.8 Å². The summed E-state index contributed by atoms with van der Waals surface area (Å²) in [7, 11) is 0. The molecular weight excluding hydrogens is 219 g/mol. The number of aromatic nitrogens is 1. The highest BCUT2D eigenvalue weighted by Crippen LogP contribution is 2.26. The summed E-state index contributed by atoms with van der Waals surface area (Å²) in [6.07, 6.45) is -2.54. The summed E-state index contributed by atoms with van der Waals surface area (Å²) in [5.41, 5.74) is 0.568. The van der Waals surface area contributed by atoms with Gasteiger partial charge in [-0.1, -0.05) is 11.6 Å². The molecule has 0 fully saturated rings. The Kier molecular flexibility index (Phi) is 3.45. The van der Waals surface area contributed by atoms with E-state index in [1.807, 2.05) is 0 Å². The molecule has 0 bridgehead atoms. The van der Waals surface area contributed by atoms with Crippen molar-refractivity contribution < 1.29 is 8.78 Å². The van der Waals surface area contributed by atoms with E-state index < -0.39 is 6.43 Å². The van der Waals surface area contributed by atoms with Crippen LogP contribution >= 0.6 is 23.2 Å². The minimum Gasteiger partial charge on any atom is -0.241 e. The molecule has 0 unspecified atom stereocenters. The number of nitrogens with zero attached hydrogens (tertiary/aromatic N) is 1. The Morgan fingerprint density at radius 3 is 2.62 bits per heavy atom. The molecule has 1 rings (SSSR count). The van der Waals surface area contributed by atoms with Crippen LogP contribution in [0, 0.1) is 6.92 Å². The van der Waals surface area contributed by atoms with Gasteiger partial charge in [0, 0.05) is 16.8 Å². The average molecular weight is 226 g/mol. The fourth-order valence-corrected chi connectivity index (χ4v) is 1.47. The zero-order valence-corrected chi connectivity index (χ0v) is 8.33. The number of rotatable bonds is 2. The summed E-state index contributed by atoms with van der Waals surface area (Å²) < 4.78 is 24.7. The molecule has 0 aromatic carbocycles.